The van der Waals surface area contributed by atoms with Crippen LogP contribution in [0.3, 0.4) is 0 Å². The topological polar surface area (TPSA) is 54.0 Å². The minimum Gasteiger partial charge on any atom is -0.493 e. The highest BCUT2D eigenvalue weighted by Gasteiger charge is 2.30. The summed E-state index contributed by atoms with van der Waals surface area (Å²) in [6.07, 6.45) is 7.19. The molecule has 222 valence electrons. The first-order valence-electron chi connectivity index (χ1n) is 15.0. The molecule has 1 N–H and O–H groups in total. The van der Waals surface area contributed by atoms with E-state index in [-0.39, 0.29) is 30.1 Å². The van der Waals surface area contributed by atoms with Gasteiger partial charge in [-0.2, -0.15) is 0 Å². The maximum Gasteiger partial charge on any atom is 0.220 e. The molecule has 2 heterocycles. The molecule has 5 rings (SSSR count). The number of nitrogens with zero attached hydrogens (tertiary/aromatic N) is 2. The first-order valence-corrected chi connectivity index (χ1v) is 15.4. The number of amides is 1. The number of anilines is 1. The number of fused-ring (bicyclic) bond motifs is 1. The van der Waals surface area contributed by atoms with Crippen molar-refractivity contribution in [1.82, 2.24) is 10.2 Å². The van der Waals surface area contributed by atoms with Crippen LogP contribution >= 0.6 is 11.6 Å². The number of hydrogen-bond donors (Lipinski definition) is 1. The van der Waals surface area contributed by atoms with Crippen LogP contribution in [0, 0.1) is 0 Å². The van der Waals surface area contributed by atoms with Crippen LogP contribution in [0.1, 0.15) is 81.3 Å². The number of halogens is 1. The maximum atomic E-state index is 12.7. The summed E-state index contributed by atoms with van der Waals surface area (Å²) < 4.78 is 12.0. The molecule has 0 spiro atoms. The van der Waals surface area contributed by atoms with Crippen LogP contribution < -0.4 is 19.7 Å². The molecule has 2 aliphatic rings. The van der Waals surface area contributed by atoms with Crippen molar-refractivity contribution in [3.8, 4) is 11.5 Å². The Kier molecular flexibility index (Phi) is 9.44. The van der Waals surface area contributed by atoms with E-state index in [4.69, 9.17) is 21.1 Å². The largest absolute Gasteiger partial charge is 0.493 e. The lowest BCUT2D eigenvalue weighted by molar-refractivity contribution is -0.134. The first-order chi connectivity index (χ1) is 20.3. The molecule has 0 aliphatic carbocycles. The van der Waals surface area contributed by atoms with Crippen molar-refractivity contribution in [1.29, 1.82) is 0 Å². The minimum atomic E-state index is -0.0980. The Hall–Kier alpha value is -3.48. The molecule has 6 nitrogen and oxygen atoms in total. The summed E-state index contributed by atoms with van der Waals surface area (Å²) >= 11 is 6.30. The number of carbonyl (C=O) groups excluding carboxylic acids is 1. The van der Waals surface area contributed by atoms with E-state index >= 15 is 0 Å². The quantitative estimate of drug-likeness (QED) is 0.277. The molecule has 0 saturated carbocycles. The number of ether oxygens (including phenoxy) is 2. The highest BCUT2D eigenvalue weighted by atomic mass is 35.5. The Morgan fingerprint density at radius 2 is 1.74 bits per heavy atom. The number of hydrogen-bond acceptors (Lipinski definition) is 5. The average molecular weight is 588 g/mol. The molecule has 7 heteroatoms. The van der Waals surface area contributed by atoms with Gasteiger partial charge in [0.25, 0.3) is 0 Å². The van der Waals surface area contributed by atoms with Crippen molar-refractivity contribution >= 4 is 29.3 Å². The second kappa shape index (κ2) is 13.2. The lowest BCUT2D eigenvalue weighted by atomic mass is 9.89. The number of piperidine rings is 1. The van der Waals surface area contributed by atoms with E-state index < -0.39 is 0 Å². The molecular weight excluding hydrogens is 546 g/mol. The van der Waals surface area contributed by atoms with Crippen molar-refractivity contribution in [2.75, 3.05) is 25.1 Å². The van der Waals surface area contributed by atoms with E-state index in [1.807, 2.05) is 12.1 Å². The smallest absolute Gasteiger partial charge is 0.220 e. The zero-order valence-corrected chi connectivity index (χ0v) is 26.0. The molecular formula is C35H42ClN3O3. The summed E-state index contributed by atoms with van der Waals surface area (Å²) in [7, 11) is 1.68. The van der Waals surface area contributed by atoms with Crippen molar-refractivity contribution in [3.05, 3.63) is 94.1 Å². The Morgan fingerprint density at radius 1 is 1.05 bits per heavy atom. The molecule has 3 atom stereocenters. The third-order valence-electron chi connectivity index (χ3n) is 8.60. The number of methoxy groups -OCH3 is 1. The van der Waals surface area contributed by atoms with E-state index in [1.54, 1.807) is 14.0 Å². The zero-order chi connectivity index (χ0) is 29.8. The number of rotatable bonds is 9. The molecule has 0 bridgehead atoms. The monoisotopic (exact) mass is 587 g/mol. The molecule has 3 aromatic rings. The third-order valence-corrected chi connectivity index (χ3v) is 8.85. The lowest BCUT2D eigenvalue weighted by Crippen LogP contribution is -2.46. The van der Waals surface area contributed by atoms with Gasteiger partial charge in [0.2, 0.25) is 5.91 Å². The number of nitrogens with one attached hydrogen (secondary N) is 1. The molecule has 0 radical (unpaired) electrons. The normalized spacial score (nSPS) is 18.2. The summed E-state index contributed by atoms with van der Waals surface area (Å²) in [6, 6.07) is 21.0. The fraction of sp³-hybridized carbons (Fsp3) is 0.400. The summed E-state index contributed by atoms with van der Waals surface area (Å²) in [6.45, 7) is 9.91. The second-order valence-corrected chi connectivity index (χ2v) is 11.8. The van der Waals surface area contributed by atoms with Crippen LogP contribution in [-0.2, 0) is 4.79 Å². The number of benzene rings is 3. The summed E-state index contributed by atoms with van der Waals surface area (Å²) in [4.78, 5) is 17.1. The van der Waals surface area contributed by atoms with Gasteiger partial charge in [0, 0.05) is 29.9 Å². The van der Waals surface area contributed by atoms with E-state index in [2.05, 4.69) is 96.7 Å². The van der Waals surface area contributed by atoms with Crippen molar-refractivity contribution in [2.24, 2.45) is 0 Å². The Balaban J connectivity index is 1.51. The Morgan fingerprint density at radius 3 is 2.36 bits per heavy atom. The molecule has 1 amide bonds. The fourth-order valence-corrected chi connectivity index (χ4v) is 6.28. The second-order valence-electron chi connectivity index (χ2n) is 11.3. The zero-order valence-electron chi connectivity index (χ0n) is 25.3. The molecule has 3 aromatic carbocycles. The van der Waals surface area contributed by atoms with Gasteiger partial charge in [-0.25, -0.2) is 0 Å². The molecule has 1 fully saturated rings. The summed E-state index contributed by atoms with van der Waals surface area (Å²) in [5, 5.41) is 4.11. The molecule has 1 saturated heterocycles. The van der Waals surface area contributed by atoms with Gasteiger partial charge in [-0.15, -0.1) is 0 Å². The van der Waals surface area contributed by atoms with E-state index in [1.165, 1.54) is 0 Å². The summed E-state index contributed by atoms with van der Waals surface area (Å²) in [5.41, 5.74) is 5.53. The van der Waals surface area contributed by atoms with Gasteiger partial charge in [0.15, 0.2) is 11.5 Å². The van der Waals surface area contributed by atoms with Gasteiger partial charge in [0.1, 0.15) is 0 Å². The van der Waals surface area contributed by atoms with Crippen LogP contribution in [0.25, 0.3) is 6.08 Å². The average Bonchev–Trinajstić information content (AvgIpc) is 3.01. The fourth-order valence-electron chi connectivity index (χ4n) is 6.16. The molecule has 0 aromatic heterocycles. The highest BCUT2D eigenvalue weighted by Crippen LogP contribution is 2.44. The summed E-state index contributed by atoms with van der Waals surface area (Å²) in [5.74, 6) is 1.60. The van der Waals surface area contributed by atoms with Crippen molar-refractivity contribution in [2.45, 2.75) is 71.2 Å². The number of carbonyl (C=O) groups is 1. The van der Waals surface area contributed by atoms with Gasteiger partial charge in [-0.05, 0) is 111 Å². The Bertz CT molecular complexity index is 1400. The molecule has 2 unspecified atom stereocenters. The predicted octanol–water partition coefficient (Wildman–Crippen LogP) is 7.77. The third kappa shape index (κ3) is 6.30. The van der Waals surface area contributed by atoms with Crippen LogP contribution in [0.2, 0.25) is 5.02 Å². The van der Waals surface area contributed by atoms with Crippen LogP contribution in [0.4, 0.5) is 5.69 Å². The van der Waals surface area contributed by atoms with E-state index in [0.29, 0.717) is 5.02 Å². The first kappa shape index (κ1) is 30.0. The van der Waals surface area contributed by atoms with Crippen molar-refractivity contribution in [3.63, 3.8) is 0 Å². The predicted molar refractivity (Wildman–Crippen MR) is 171 cm³/mol. The van der Waals surface area contributed by atoms with Crippen LogP contribution in [0.5, 0.6) is 11.5 Å². The standard InChI is InChI=1S/C35H42ClN3O3/c1-6-23(2)42-34-22-32-28(21-33(34)41-5)17-20-38(35(32)27-7-11-29(36)12-8-27)30-13-9-26(10-14-30)24(3)39(25(4)40)31-15-18-37-19-16-31/h7-14,17,20-24,31,35,37H,6,15-16,18-19H2,1-5H3/t23-,24?,35?/m1/s1. The van der Waals surface area contributed by atoms with E-state index in [0.717, 1.165) is 71.8 Å². The maximum absolute atomic E-state index is 12.7. The SMILES string of the molecule is CC[C@@H](C)Oc1cc2c(cc1OC)C=CN(c1ccc(C(C)N(C(C)=O)C3CCNCC3)cc1)C2c1ccc(Cl)cc1. The van der Waals surface area contributed by atoms with Crippen LogP contribution in [0.15, 0.2) is 66.9 Å². The van der Waals surface area contributed by atoms with Crippen LogP contribution in [-0.4, -0.2) is 43.2 Å². The van der Waals surface area contributed by atoms with Gasteiger partial charge < -0.3 is 24.6 Å². The van der Waals surface area contributed by atoms with E-state index in [9.17, 15) is 4.79 Å². The minimum absolute atomic E-state index is 0.00272. The van der Waals surface area contributed by atoms with Crippen molar-refractivity contribution < 1.29 is 14.3 Å². The highest BCUT2D eigenvalue weighted by molar-refractivity contribution is 6.30. The Labute approximate surface area is 255 Å². The van der Waals surface area contributed by atoms with Gasteiger partial charge >= 0.3 is 0 Å². The van der Waals surface area contributed by atoms with Gasteiger partial charge in [0.05, 0.1) is 25.3 Å². The molecule has 42 heavy (non-hydrogen) atoms. The molecule has 2 aliphatic heterocycles. The lowest BCUT2D eigenvalue weighted by Gasteiger charge is -2.39. The van der Waals surface area contributed by atoms with Gasteiger partial charge in [-0.1, -0.05) is 42.8 Å². The van der Waals surface area contributed by atoms with Gasteiger partial charge in [-0.3, -0.25) is 4.79 Å².